The predicted octanol–water partition coefficient (Wildman–Crippen LogP) is 3.08. The molecule has 0 aliphatic rings. The number of anilines is 1. The quantitative estimate of drug-likeness (QED) is 0.840. The third kappa shape index (κ3) is 5.60. The number of hydrogen-bond donors (Lipinski definition) is 1. The van der Waals surface area contributed by atoms with Gasteiger partial charge in [0.1, 0.15) is 11.6 Å². The number of hydrogen-bond acceptors (Lipinski definition) is 3. The summed E-state index contributed by atoms with van der Waals surface area (Å²) in [5.74, 6) is -0.418. The summed E-state index contributed by atoms with van der Waals surface area (Å²) in [5, 5.41) is 2.62. The Kier molecular flexibility index (Phi) is 6.51. The number of likely N-dealkylation sites (N-methyl/N-ethyl adjacent to an activating group) is 1. The molecule has 25 heavy (non-hydrogen) atoms. The summed E-state index contributed by atoms with van der Waals surface area (Å²) in [6.45, 7) is 1.72. The SMILES string of the molecule is CC[C@@H](Oc1ccccc1)C(=O)N(C)CC(=O)Nc1ccc(F)cc1. The fourth-order valence-corrected chi connectivity index (χ4v) is 2.24. The summed E-state index contributed by atoms with van der Waals surface area (Å²) in [6, 6.07) is 14.5. The van der Waals surface area contributed by atoms with E-state index in [4.69, 9.17) is 4.74 Å². The number of carbonyl (C=O) groups excluding carboxylic acids is 2. The number of halogens is 1. The van der Waals surface area contributed by atoms with Gasteiger partial charge in [0.2, 0.25) is 5.91 Å². The Hall–Kier alpha value is -2.89. The summed E-state index contributed by atoms with van der Waals surface area (Å²) in [6.07, 6.45) is -0.177. The van der Waals surface area contributed by atoms with Crippen molar-refractivity contribution in [1.29, 1.82) is 0 Å². The zero-order chi connectivity index (χ0) is 18.2. The summed E-state index contributed by atoms with van der Waals surface area (Å²) in [7, 11) is 1.55. The molecule has 5 nitrogen and oxygen atoms in total. The molecule has 2 aromatic rings. The summed E-state index contributed by atoms with van der Waals surface area (Å²) in [5.41, 5.74) is 0.472. The van der Waals surface area contributed by atoms with Crippen LogP contribution in [0.2, 0.25) is 0 Å². The van der Waals surface area contributed by atoms with Crippen LogP contribution >= 0.6 is 0 Å². The molecular formula is C19H21FN2O3. The topological polar surface area (TPSA) is 58.6 Å². The largest absolute Gasteiger partial charge is 0.481 e. The molecule has 6 heteroatoms. The van der Waals surface area contributed by atoms with Crippen molar-refractivity contribution in [3.63, 3.8) is 0 Å². The number of amides is 2. The molecule has 1 N–H and O–H groups in total. The van der Waals surface area contributed by atoms with E-state index in [1.165, 1.54) is 29.2 Å². The highest BCUT2D eigenvalue weighted by Crippen LogP contribution is 2.14. The first-order valence-corrected chi connectivity index (χ1v) is 8.01. The van der Waals surface area contributed by atoms with E-state index in [2.05, 4.69) is 5.32 Å². The molecule has 0 aromatic heterocycles. The van der Waals surface area contributed by atoms with Crippen LogP contribution in [0.5, 0.6) is 5.75 Å². The first kappa shape index (κ1) is 18.4. The zero-order valence-corrected chi connectivity index (χ0v) is 14.2. The molecule has 0 radical (unpaired) electrons. The van der Waals surface area contributed by atoms with Crippen LogP contribution in [0.3, 0.4) is 0 Å². The highest BCUT2D eigenvalue weighted by molar-refractivity contribution is 5.95. The first-order chi connectivity index (χ1) is 12.0. The van der Waals surface area contributed by atoms with Crippen LogP contribution in [0.1, 0.15) is 13.3 Å². The Bertz CT molecular complexity index is 704. The number of rotatable bonds is 7. The van der Waals surface area contributed by atoms with Crippen molar-refractivity contribution < 1.29 is 18.7 Å². The smallest absolute Gasteiger partial charge is 0.263 e. The van der Waals surface area contributed by atoms with Crippen molar-refractivity contribution in [2.24, 2.45) is 0 Å². The van der Waals surface area contributed by atoms with Crippen molar-refractivity contribution in [3.8, 4) is 5.75 Å². The molecule has 0 heterocycles. The number of benzene rings is 2. The van der Waals surface area contributed by atoms with Crippen LogP contribution in [0.25, 0.3) is 0 Å². The van der Waals surface area contributed by atoms with Gasteiger partial charge in [0.05, 0.1) is 6.54 Å². The van der Waals surface area contributed by atoms with Crippen molar-refractivity contribution in [1.82, 2.24) is 4.90 Å². The highest BCUT2D eigenvalue weighted by Gasteiger charge is 2.23. The average Bonchev–Trinajstić information content (AvgIpc) is 2.61. The van der Waals surface area contributed by atoms with E-state index in [1.807, 2.05) is 25.1 Å². The van der Waals surface area contributed by atoms with Crippen LogP contribution in [-0.2, 0) is 9.59 Å². The lowest BCUT2D eigenvalue weighted by Gasteiger charge is -2.23. The predicted molar refractivity (Wildman–Crippen MR) is 93.8 cm³/mol. The maximum absolute atomic E-state index is 12.9. The Morgan fingerprint density at radius 2 is 1.76 bits per heavy atom. The molecule has 0 bridgehead atoms. The van der Waals surface area contributed by atoms with Gasteiger partial charge in [0.25, 0.3) is 5.91 Å². The molecule has 0 saturated heterocycles. The molecule has 0 saturated carbocycles. The van der Waals surface area contributed by atoms with Gasteiger partial charge in [0.15, 0.2) is 6.10 Å². The molecule has 0 aliphatic carbocycles. The standard InChI is InChI=1S/C19H21FN2O3/c1-3-17(25-16-7-5-4-6-8-16)19(24)22(2)13-18(23)21-15-11-9-14(20)10-12-15/h4-12,17H,3,13H2,1-2H3,(H,21,23)/t17-/m1/s1. The molecule has 0 unspecified atom stereocenters. The van der Waals surface area contributed by atoms with Gasteiger partial charge in [0, 0.05) is 12.7 Å². The molecule has 2 aromatic carbocycles. The second-order valence-corrected chi connectivity index (χ2v) is 5.58. The first-order valence-electron chi connectivity index (χ1n) is 8.01. The monoisotopic (exact) mass is 344 g/mol. The Morgan fingerprint density at radius 1 is 1.12 bits per heavy atom. The minimum atomic E-state index is -0.661. The van der Waals surface area contributed by atoms with E-state index >= 15 is 0 Å². The lowest BCUT2D eigenvalue weighted by Crippen LogP contribution is -2.43. The van der Waals surface area contributed by atoms with Gasteiger partial charge in [-0.1, -0.05) is 25.1 Å². The minimum absolute atomic E-state index is 0.120. The maximum Gasteiger partial charge on any atom is 0.263 e. The van der Waals surface area contributed by atoms with Crippen molar-refractivity contribution in [3.05, 3.63) is 60.4 Å². The zero-order valence-electron chi connectivity index (χ0n) is 14.2. The van der Waals surface area contributed by atoms with E-state index < -0.39 is 6.10 Å². The highest BCUT2D eigenvalue weighted by atomic mass is 19.1. The van der Waals surface area contributed by atoms with E-state index in [9.17, 15) is 14.0 Å². The lowest BCUT2D eigenvalue weighted by molar-refractivity contribution is -0.139. The van der Waals surface area contributed by atoms with Gasteiger partial charge in [-0.15, -0.1) is 0 Å². The molecule has 132 valence electrons. The molecule has 2 rings (SSSR count). The second kappa shape index (κ2) is 8.82. The van der Waals surface area contributed by atoms with E-state index in [1.54, 1.807) is 19.2 Å². The van der Waals surface area contributed by atoms with Gasteiger partial charge in [-0.3, -0.25) is 9.59 Å². The van der Waals surface area contributed by atoms with Gasteiger partial charge >= 0.3 is 0 Å². The maximum atomic E-state index is 12.9. The van der Waals surface area contributed by atoms with E-state index in [0.29, 0.717) is 17.9 Å². The summed E-state index contributed by atoms with van der Waals surface area (Å²) < 4.78 is 18.6. The van der Waals surface area contributed by atoms with Crippen LogP contribution in [0.4, 0.5) is 10.1 Å². The summed E-state index contributed by atoms with van der Waals surface area (Å²) in [4.78, 5) is 25.8. The number of para-hydroxylation sites is 1. The molecule has 2 amide bonds. The lowest BCUT2D eigenvalue weighted by atomic mass is 10.2. The van der Waals surface area contributed by atoms with Crippen molar-refractivity contribution >= 4 is 17.5 Å². The Labute approximate surface area is 146 Å². The van der Waals surface area contributed by atoms with E-state index in [0.717, 1.165) is 0 Å². The molecule has 0 aliphatic heterocycles. The van der Waals surface area contributed by atoms with Gasteiger partial charge in [-0.05, 0) is 42.8 Å². The Balaban J connectivity index is 1.91. The van der Waals surface area contributed by atoms with Gasteiger partial charge in [-0.2, -0.15) is 0 Å². The van der Waals surface area contributed by atoms with Crippen molar-refractivity contribution in [2.45, 2.75) is 19.4 Å². The number of nitrogens with zero attached hydrogens (tertiary/aromatic N) is 1. The fraction of sp³-hybridized carbons (Fsp3) is 0.263. The molecule has 0 spiro atoms. The number of carbonyl (C=O) groups is 2. The number of nitrogens with one attached hydrogen (secondary N) is 1. The molecule has 1 atom stereocenters. The fourth-order valence-electron chi connectivity index (χ4n) is 2.24. The molecule has 0 fully saturated rings. The average molecular weight is 344 g/mol. The Morgan fingerprint density at radius 3 is 2.36 bits per heavy atom. The van der Waals surface area contributed by atoms with Crippen LogP contribution in [0.15, 0.2) is 54.6 Å². The molecular weight excluding hydrogens is 323 g/mol. The van der Waals surface area contributed by atoms with Crippen molar-refractivity contribution in [2.75, 3.05) is 18.9 Å². The minimum Gasteiger partial charge on any atom is -0.481 e. The van der Waals surface area contributed by atoms with Gasteiger partial charge in [-0.25, -0.2) is 4.39 Å². The normalized spacial score (nSPS) is 11.5. The number of ether oxygens (including phenoxy) is 1. The third-order valence-electron chi connectivity index (χ3n) is 3.55. The third-order valence-corrected chi connectivity index (χ3v) is 3.55. The van der Waals surface area contributed by atoms with Crippen LogP contribution in [-0.4, -0.2) is 36.4 Å². The van der Waals surface area contributed by atoms with Crippen LogP contribution in [0, 0.1) is 5.82 Å². The summed E-state index contributed by atoms with van der Waals surface area (Å²) >= 11 is 0. The van der Waals surface area contributed by atoms with E-state index in [-0.39, 0.29) is 24.2 Å². The van der Waals surface area contributed by atoms with Crippen LogP contribution < -0.4 is 10.1 Å². The van der Waals surface area contributed by atoms with Gasteiger partial charge < -0.3 is 15.0 Å². The second-order valence-electron chi connectivity index (χ2n) is 5.58.